The molecule has 0 aromatic carbocycles. The van der Waals surface area contributed by atoms with Crippen LogP contribution in [-0.2, 0) is 0 Å². The summed E-state index contributed by atoms with van der Waals surface area (Å²) in [5.41, 5.74) is 5.39. The maximum absolute atomic E-state index is 4.58. The van der Waals surface area contributed by atoms with Gasteiger partial charge in [-0.1, -0.05) is 38.0 Å². The van der Waals surface area contributed by atoms with Crippen molar-refractivity contribution in [3.8, 4) is 0 Å². The highest BCUT2D eigenvalue weighted by atomic mass is 15.1. The van der Waals surface area contributed by atoms with E-state index in [-0.39, 0.29) is 0 Å². The molecule has 110 valence electrons. The Bertz CT molecular complexity index is 596. The van der Waals surface area contributed by atoms with E-state index in [9.17, 15) is 0 Å². The van der Waals surface area contributed by atoms with Gasteiger partial charge in [-0.25, -0.2) is 0 Å². The van der Waals surface area contributed by atoms with Crippen LogP contribution in [0.2, 0.25) is 0 Å². The van der Waals surface area contributed by atoms with Crippen LogP contribution in [0.5, 0.6) is 0 Å². The maximum atomic E-state index is 4.58. The molecular formula is C18H23N3. The van der Waals surface area contributed by atoms with Gasteiger partial charge in [-0.3, -0.25) is 9.98 Å². The summed E-state index contributed by atoms with van der Waals surface area (Å²) in [6, 6.07) is 0. The van der Waals surface area contributed by atoms with Crippen molar-refractivity contribution in [1.82, 2.24) is 4.90 Å². The van der Waals surface area contributed by atoms with Crippen LogP contribution in [0.3, 0.4) is 0 Å². The molecule has 0 atom stereocenters. The Morgan fingerprint density at radius 1 is 1.14 bits per heavy atom. The third-order valence-corrected chi connectivity index (χ3v) is 3.14. The van der Waals surface area contributed by atoms with Crippen molar-refractivity contribution in [3.63, 3.8) is 0 Å². The van der Waals surface area contributed by atoms with Crippen molar-refractivity contribution < 1.29 is 0 Å². The molecule has 21 heavy (non-hydrogen) atoms. The Morgan fingerprint density at radius 2 is 1.81 bits per heavy atom. The smallest absolute Gasteiger partial charge is 0.0945 e. The van der Waals surface area contributed by atoms with Crippen molar-refractivity contribution >= 4 is 11.4 Å². The van der Waals surface area contributed by atoms with E-state index >= 15 is 0 Å². The second-order valence-electron chi connectivity index (χ2n) is 4.68. The molecule has 0 unspecified atom stereocenters. The van der Waals surface area contributed by atoms with E-state index in [2.05, 4.69) is 36.3 Å². The van der Waals surface area contributed by atoms with Crippen LogP contribution in [0.1, 0.15) is 6.92 Å². The van der Waals surface area contributed by atoms with Crippen LogP contribution >= 0.6 is 0 Å². The van der Waals surface area contributed by atoms with Crippen molar-refractivity contribution in [3.05, 3.63) is 73.2 Å². The number of rotatable bonds is 5. The van der Waals surface area contributed by atoms with Gasteiger partial charge in [-0.2, -0.15) is 0 Å². The standard InChI is InChI=1S/C18H23N3/c1-8-12-20-16-13(5)14(9-2)17(19-11-4)18(21(6)7)15(16)10-3/h8-11H,1,3-5,12H2,2,6-7H3/b14-9-,19-17?,20-16?. The van der Waals surface area contributed by atoms with Crippen LogP contribution in [-0.4, -0.2) is 37.0 Å². The predicted molar refractivity (Wildman–Crippen MR) is 93.9 cm³/mol. The van der Waals surface area contributed by atoms with Gasteiger partial charge in [0.1, 0.15) is 0 Å². The minimum absolute atomic E-state index is 0.539. The summed E-state index contributed by atoms with van der Waals surface area (Å²) in [6.45, 7) is 18.0. The minimum Gasteiger partial charge on any atom is -0.375 e. The molecule has 3 heteroatoms. The molecule has 0 aromatic heterocycles. The number of hydrogen-bond acceptors (Lipinski definition) is 3. The molecule has 0 N–H and O–H groups in total. The zero-order valence-corrected chi connectivity index (χ0v) is 13.2. The molecular weight excluding hydrogens is 258 g/mol. The summed E-state index contributed by atoms with van der Waals surface area (Å²) in [7, 11) is 3.95. The average Bonchev–Trinajstić information content (AvgIpc) is 2.45. The van der Waals surface area contributed by atoms with Crippen molar-refractivity contribution in [2.75, 3.05) is 20.6 Å². The number of nitrogens with zero attached hydrogens (tertiary/aromatic N) is 3. The van der Waals surface area contributed by atoms with Gasteiger partial charge in [0, 0.05) is 37.0 Å². The van der Waals surface area contributed by atoms with Crippen LogP contribution in [0.25, 0.3) is 0 Å². The minimum atomic E-state index is 0.539. The first-order chi connectivity index (χ1) is 10.0. The highest BCUT2D eigenvalue weighted by Gasteiger charge is 2.29. The Morgan fingerprint density at radius 3 is 2.24 bits per heavy atom. The molecule has 0 saturated heterocycles. The SMILES string of the molecule is C=CCN=C1C(=C)/C(=C/C)C(=NC=C)C(N(C)C)=C1C=C. The summed E-state index contributed by atoms with van der Waals surface area (Å²) < 4.78 is 0. The molecule has 1 aliphatic carbocycles. The quantitative estimate of drug-likeness (QED) is 0.706. The molecule has 1 rings (SSSR count). The predicted octanol–water partition coefficient (Wildman–Crippen LogP) is 3.72. The lowest BCUT2D eigenvalue weighted by molar-refractivity contribution is 0.536. The first-order valence-electron chi connectivity index (χ1n) is 6.78. The summed E-state index contributed by atoms with van der Waals surface area (Å²) in [4.78, 5) is 11.0. The zero-order valence-electron chi connectivity index (χ0n) is 13.2. The number of hydrogen-bond donors (Lipinski definition) is 0. The summed E-state index contributed by atoms with van der Waals surface area (Å²) >= 11 is 0. The molecule has 0 amide bonds. The fourth-order valence-electron chi connectivity index (χ4n) is 2.32. The highest BCUT2D eigenvalue weighted by molar-refractivity contribution is 6.33. The zero-order chi connectivity index (χ0) is 16.0. The monoisotopic (exact) mass is 281 g/mol. The van der Waals surface area contributed by atoms with Gasteiger partial charge in [-0.15, -0.1) is 6.58 Å². The molecule has 0 aliphatic heterocycles. The summed E-state index contributed by atoms with van der Waals surface area (Å²) in [5.74, 6) is 0. The van der Waals surface area contributed by atoms with Crippen molar-refractivity contribution in [2.24, 2.45) is 9.98 Å². The molecule has 0 aromatic rings. The molecule has 0 fully saturated rings. The van der Waals surface area contributed by atoms with Gasteiger partial charge < -0.3 is 4.90 Å². The van der Waals surface area contributed by atoms with Gasteiger partial charge in [0.15, 0.2) is 0 Å². The van der Waals surface area contributed by atoms with Gasteiger partial charge in [-0.05, 0) is 6.92 Å². The highest BCUT2D eigenvalue weighted by Crippen LogP contribution is 2.31. The Labute approximate surface area is 127 Å². The Hall–Kier alpha value is -2.42. The van der Waals surface area contributed by atoms with E-state index < -0.39 is 0 Å². The number of allylic oxidation sites excluding steroid dienone is 5. The largest absolute Gasteiger partial charge is 0.375 e. The third kappa shape index (κ3) is 3.19. The average molecular weight is 281 g/mol. The van der Waals surface area contributed by atoms with E-state index in [1.54, 1.807) is 18.4 Å². The second kappa shape index (κ2) is 7.39. The Kier molecular flexibility index (Phi) is 5.85. The van der Waals surface area contributed by atoms with Crippen molar-refractivity contribution in [1.29, 1.82) is 0 Å². The lowest BCUT2D eigenvalue weighted by atomic mass is 9.84. The lowest BCUT2D eigenvalue weighted by Gasteiger charge is -2.30. The molecule has 0 bridgehead atoms. The first kappa shape index (κ1) is 16.6. The van der Waals surface area contributed by atoms with Gasteiger partial charge in [0.25, 0.3) is 0 Å². The molecule has 1 aliphatic rings. The van der Waals surface area contributed by atoms with E-state index in [1.807, 2.05) is 32.0 Å². The van der Waals surface area contributed by atoms with Gasteiger partial charge >= 0.3 is 0 Å². The van der Waals surface area contributed by atoms with Crippen LogP contribution in [0.15, 0.2) is 83.1 Å². The lowest BCUT2D eigenvalue weighted by Crippen LogP contribution is -2.31. The van der Waals surface area contributed by atoms with Gasteiger partial charge in [0.05, 0.1) is 23.7 Å². The van der Waals surface area contributed by atoms with Crippen LogP contribution in [0.4, 0.5) is 0 Å². The Balaban J connectivity index is 3.76. The molecule has 0 spiro atoms. The fourth-order valence-corrected chi connectivity index (χ4v) is 2.32. The number of aliphatic imine (C=N–C) groups is 2. The second-order valence-corrected chi connectivity index (χ2v) is 4.68. The fraction of sp³-hybridized carbons (Fsp3) is 0.222. The van der Waals surface area contributed by atoms with Gasteiger partial charge in [0.2, 0.25) is 0 Å². The van der Waals surface area contributed by atoms with Crippen LogP contribution in [0, 0.1) is 0 Å². The van der Waals surface area contributed by atoms with Crippen LogP contribution < -0.4 is 0 Å². The molecule has 0 saturated carbocycles. The first-order valence-corrected chi connectivity index (χ1v) is 6.78. The van der Waals surface area contributed by atoms with E-state index in [0.29, 0.717) is 6.54 Å². The molecule has 0 radical (unpaired) electrons. The topological polar surface area (TPSA) is 28.0 Å². The maximum Gasteiger partial charge on any atom is 0.0945 e. The normalized spacial score (nSPS) is 21.1. The van der Waals surface area contributed by atoms with E-state index in [4.69, 9.17) is 0 Å². The van der Waals surface area contributed by atoms with E-state index in [1.165, 1.54) is 0 Å². The summed E-state index contributed by atoms with van der Waals surface area (Å²) in [5, 5.41) is 0. The van der Waals surface area contributed by atoms with Crippen molar-refractivity contribution in [2.45, 2.75) is 6.92 Å². The third-order valence-electron chi connectivity index (χ3n) is 3.14. The molecule has 3 nitrogen and oxygen atoms in total. The van der Waals surface area contributed by atoms with E-state index in [0.717, 1.165) is 33.8 Å². The molecule has 0 heterocycles. The summed E-state index contributed by atoms with van der Waals surface area (Å²) in [6.07, 6.45) is 7.10.